The molecule has 0 saturated heterocycles. The summed E-state index contributed by atoms with van der Waals surface area (Å²) in [5.74, 6) is -0.354. The molecule has 9 heteroatoms. The fourth-order valence-corrected chi connectivity index (χ4v) is 2.71. The van der Waals surface area contributed by atoms with Crippen molar-refractivity contribution in [1.29, 1.82) is 0 Å². The lowest BCUT2D eigenvalue weighted by molar-refractivity contribution is -0.121. The first-order chi connectivity index (χ1) is 14.0. The van der Waals surface area contributed by atoms with E-state index in [1.807, 2.05) is 6.07 Å². The molecule has 1 aliphatic rings. The quantitative estimate of drug-likeness (QED) is 0.692. The average molecular weight is 396 g/mol. The van der Waals surface area contributed by atoms with Gasteiger partial charge in [0.25, 0.3) is 11.8 Å². The van der Waals surface area contributed by atoms with Crippen molar-refractivity contribution in [1.82, 2.24) is 5.43 Å². The standard InChI is InChI=1S/C20H20N4O5/c1-28-16-11-15(22-20(27)13-8-9-18(25)24-23-13)17(29-2)10-14(16)21-19(26)12-6-4-3-5-7-12/h3-7,10-11H,8-9H2,1-2H3,(H,21,26)(H,22,27)(H,24,25). The summed E-state index contributed by atoms with van der Waals surface area (Å²) in [7, 11) is 2.89. The van der Waals surface area contributed by atoms with Crippen molar-refractivity contribution in [2.24, 2.45) is 5.10 Å². The topological polar surface area (TPSA) is 118 Å². The van der Waals surface area contributed by atoms with E-state index in [-0.39, 0.29) is 30.4 Å². The van der Waals surface area contributed by atoms with Crippen LogP contribution in [0.5, 0.6) is 11.5 Å². The van der Waals surface area contributed by atoms with Crippen LogP contribution in [-0.2, 0) is 9.59 Å². The molecule has 0 unspecified atom stereocenters. The van der Waals surface area contributed by atoms with Crippen LogP contribution in [0.2, 0.25) is 0 Å². The van der Waals surface area contributed by atoms with Crippen molar-refractivity contribution in [3.05, 3.63) is 48.0 Å². The lowest BCUT2D eigenvalue weighted by atomic mass is 10.1. The third-order valence-corrected chi connectivity index (χ3v) is 4.22. The Balaban J connectivity index is 1.83. The minimum absolute atomic E-state index is 0.192. The van der Waals surface area contributed by atoms with E-state index in [1.54, 1.807) is 36.4 Å². The number of carbonyl (C=O) groups is 3. The maximum Gasteiger partial charge on any atom is 0.271 e. The third kappa shape index (κ3) is 4.70. The zero-order valence-electron chi connectivity index (χ0n) is 15.9. The Morgan fingerprint density at radius 1 is 0.931 bits per heavy atom. The van der Waals surface area contributed by atoms with Gasteiger partial charge in [-0.2, -0.15) is 5.10 Å². The Bertz CT molecular complexity index is 972. The van der Waals surface area contributed by atoms with Crippen molar-refractivity contribution in [3.8, 4) is 11.5 Å². The predicted molar refractivity (Wildman–Crippen MR) is 107 cm³/mol. The minimum atomic E-state index is -0.466. The molecule has 0 aromatic heterocycles. The number of rotatable bonds is 6. The van der Waals surface area contributed by atoms with Gasteiger partial charge in [0, 0.05) is 30.5 Å². The normalized spacial score (nSPS) is 13.0. The second-order valence-corrected chi connectivity index (χ2v) is 6.12. The highest BCUT2D eigenvalue weighted by Crippen LogP contribution is 2.36. The molecule has 2 aromatic carbocycles. The molecule has 3 N–H and O–H groups in total. The number of carbonyl (C=O) groups excluding carboxylic acids is 3. The van der Waals surface area contributed by atoms with Gasteiger partial charge in [0.1, 0.15) is 17.2 Å². The highest BCUT2D eigenvalue weighted by molar-refractivity contribution is 6.43. The molecular formula is C20H20N4O5. The number of hydrogen-bond donors (Lipinski definition) is 3. The first kappa shape index (κ1) is 19.9. The third-order valence-electron chi connectivity index (χ3n) is 4.22. The highest BCUT2D eigenvalue weighted by Gasteiger charge is 2.21. The van der Waals surface area contributed by atoms with E-state index in [2.05, 4.69) is 21.2 Å². The highest BCUT2D eigenvalue weighted by atomic mass is 16.5. The van der Waals surface area contributed by atoms with Gasteiger partial charge in [-0.15, -0.1) is 0 Å². The molecule has 2 aromatic rings. The number of ether oxygens (including phenoxy) is 2. The summed E-state index contributed by atoms with van der Waals surface area (Å²) in [6, 6.07) is 11.8. The van der Waals surface area contributed by atoms with Gasteiger partial charge in [-0.25, -0.2) is 5.43 Å². The number of anilines is 2. The Kier molecular flexibility index (Phi) is 6.08. The summed E-state index contributed by atoms with van der Waals surface area (Å²) >= 11 is 0. The van der Waals surface area contributed by atoms with Crippen LogP contribution >= 0.6 is 0 Å². The fourth-order valence-electron chi connectivity index (χ4n) is 2.71. The molecule has 0 atom stereocenters. The lowest BCUT2D eigenvalue weighted by Gasteiger charge is -2.17. The Morgan fingerprint density at radius 3 is 2.03 bits per heavy atom. The smallest absolute Gasteiger partial charge is 0.271 e. The predicted octanol–water partition coefficient (Wildman–Crippen LogP) is 2.16. The summed E-state index contributed by atoms with van der Waals surface area (Å²) in [4.78, 5) is 36.1. The van der Waals surface area contributed by atoms with Gasteiger partial charge in [-0.3, -0.25) is 14.4 Å². The number of hydrazone groups is 1. The molecule has 0 aliphatic carbocycles. The van der Waals surface area contributed by atoms with E-state index in [0.29, 0.717) is 28.4 Å². The molecular weight excluding hydrogens is 376 g/mol. The van der Waals surface area contributed by atoms with Crippen LogP contribution < -0.4 is 25.5 Å². The lowest BCUT2D eigenvalue weighted by Crippen LogP contribution is -2.32. The van der Waals surface area contributed by atoms with Gasteiger partial charge in [-0.1, -0.05) is 18.2 Å². The second-order valence-electron chi connectivity index (χ2n) is 6.12. The molecule has 0 saturated carbocycles. The van der Waals surface area contributed by atoms with Crippen molar-refractivity contribution in [3.63, 3.8) is 0 Å². The molecule has 1 heterocycles. The Morgan fingerprint density at radius 2 is 1.52 bits per heavy atom. The van der Waals surface area contributed by atoms with E-state index in [1.165, 1.54) is 14.2 Å². The number of nitrogens with one attached hydrogen (secondary N) is 3. The molecule has 1 aliphatic heterocycles. The summed E-state index contributed by atoms with van der Waals surface area (Å²) in [5, 5.41) is 9.24. The van der Waals surface area contributed by atoms with E-state index in [0.717, 1.165) is 0 Å². The van der Waals surface area contributed by atoms with E-state index in [9.17, 15) is 14.4 Å². The van der Waals surface area contributed by atoms with Crippen molar-refractivity contribution < 1.29 is 23.9 Å². The minimum Gasteiger partial charge on any atom is -0.494 e. The number of methoxy groups -OCH3 is 2. The molecule has 9 nitrogen and oxygen atoms in total. The molecule has 0 radical (unpaired) electrons. The van der Waals surface area contributed by atoms with Gasteiger partial charge in [0.05, 0.1) is 25.6 Å². The average Bonchev–Trinajstić information content (AvgIpc) is 2.75. The summed E-state index contributed by atoms with van der Waals surface area (Å²) < 4.78 is 10.7. The number of amides is 3. The molecule has 0 spiro atoms. The van der Waals surface area contributed by atoms with Crippen LogP contribution in [0.3, 0.4) is 0 Å². The monoisotopic (exact) mass is 396 g/mol. The maximum absolute atomic E-state index is 12.5. The molecule has 150 valence electrons. The summed E-state index contributed by atoms with van der Waals surface area (Å²) in [5.41, 5.74) is 3.70. The first-order valence-electron chi connectivity index (χ1n) is 8.81. The van der Waals surface area contributed by atoms with Gasteiger partial charge >= 0.3 is 0 Å². The molecule has 3 rings (SSSR count). The molecule has 3 amide bonds. The molecule has 0 fully saturated rings. The molecule has 29 heavy (non-hydrogen) atoms. The van der Waals surface area contributed by atoms with Crippen LogP contribution in [-0.4, -0.2) is 37.7 Å². The summed E-state index contributed by atoms with van der Waals surface area (Å²) in [6.45, 7) is 0. The fraction of sp³-hybridized carbons (Fsp3) is 0.200. The van der Waals surface area contributed by atoms with Gasteiger partial charge < -0.3 is 20.1 Å². The van der Waals surface area contributed by atoms with Crippen molar-refractivity contribution in [2.45, 2.75) is 12.8 Å². The van der Waals surface area contributed by atoms with Crippen molar-refractivity contribution in [2.75, 3.05) is 24.9 Å². The van der Waals surface area contributed by atoms with Gasteiger partial charge in [-0.05, 0) is 12.1 Å². The van der Waals surface area contributed by atoms with Crippen LogP contribution in [0, 0.1) is 0 Å². The zero-order chi connectivity index (χ0) is 20.8. The largest absolute Gasteiger partial charge is 0.494 e. The Labute approximate surface area is 167 Å². The zero-order valence-corrected chi connectivity index (χ0v) is 15.9. The molecule has 0 bridgehead atoms. The number of nitrogens with zero attached hydrogens (tertiary/aromatic N) is 1. The van der Waals surface area contributed by atoms with Crippen LogP contribution in [0.4, 0.5) is 11.4 Å². The van der Waals surface area contributed by atoms with Gasteiger partial charge in [0.2, 0.25) is 5.91 Å². The van der Waals surface area contributed by atoms with Gasteiger partial charge in [0.15, 0.2) is 0 Å². The van der Waals surface area contributed by atoms with Crippen LogP contribution in [0.15, 0.2) is 47.6 Å². The van der Waals surface area contributed by atoms with E-state index >= 15 is 0 Å². The van der Waals surface area contributed by atoms with Crippen LogP contribution in [0.25, 0.3) is 0 Å². The second kappa shape index (κ2) is 8.87. The van der Waals surface area contributed by atoms with Crippen LogP contribution in [0.1, 0.15) is 23.2 Å². The van der Waals surface area contributed by atoms with E-state index in [4.69, 9.17) is 9.47 Å². The SMILES string of the molecule is COc1cc(NC(=O)c2ccccc2)c(OC)cc1NC(=O)C1=NNC(=O)CC1. The Hall–Kier alpha value is -3.88. The first-order valence-corrected chi connectivity index (χ1v) is 8.81. The number of benzene rings is 2. The van der Waals surface area contributed by atoms with Crippen molar-refractivity contribution >= 4 is 34.8 Å². The summed E-state index contributed by atoms with van der Waals surface area (Å²) in [6.07, 6.45) is 0.430. The van der Waals surface area contributed by atoms with E-state index < -0.39 is 5.91 Å². The number of hydrogen-bond acceptors (Lipinski definition) is 6. The maximum atomic E-state index is 12.5.